The second kappa shape index (κ2) is 8.62. The fraction of sp³-hybridized carbons (Fsp3) is 0.273. The molecule has 4 rings (SSSR count). The third kappa shape index (κ3) is 4.45. The number of ether oxygens (including phenoxy) is 1. The quantitative estimate of drug-likeness (QED) is 0.365. The number of aromatic nitrogens is 2. The number of hydrogen-bond donors (Lipinski definition) is 2. The molecule has 1 fully saturated rings. The first-order valence-electron chi connectivity index (χ1n) is 9.91. The van der Waals surface area contributed by atoms with Crippen LogP contribution in [-0.4, -0.2) is 46.9 Å². The van der Waals surface area contributed by atoms with Crippen molar-refractivity contribution < 1.29 is 22.3 Å². The lowest BCUT2D eigenvalue weighted by Gasteiger charge is -2.28. The van der Waals surface area contributed by atoms with Gasteiger partial charge in [0.1, 0.15) is 5.82 Å². The Balaban J connectivity index is 1.76. The molecule has 1 aromatic heterocycles. The van der Waals surface area contributed by atoms with Crippen molar-refractivity contribution in [2.75, 3.05) is 26.3 Å². The largest absolute Gasteiger partial charge is 0.416 e. The van der Waals surface area contributed by atoms with Gasteiger partial charge in [0, 0.05) is 25.1 Å². The number of nitrogens with one attached hydrogen (secondary N) is 2. The van der Waals surface area contributed by atoms with Crippen molar-refractivity contribution in [3.05, 3.63) is 81.4 Å². The molecule has 0 bridgehead atoms. The number of halogens is 4. The number of benzene rings is 2. The molecule has 1 saturated heterocycles. The Morgan fingerprint density at radius 3 is 2.25 bits per heavy atom. The van der Waals surface area contributed by atoms with Gasteiger partial charge in [-0.15, -0.1) is 0 Å². The molecule has 0 radical (unpaired) electrons. The fourth-order valence-corrected chi connectivity index (χ4v) is 3.57. The Labute approximate surface area is 180 Å². The second-order valence-electron chi connectivity index (χ2n) is 7.41. The lowest BCUT2D eigenvalue weighted by atomic mass is 10.0. The summed E-state index contributed by atoms with van der Waals surface area (Å²) in [6, 6.07) is 10.1. The molecule has 0 amide bonds. The van der Waals surface area contributed by atoms with Gasteiger partial charge in [-0.3, -0.25) is 15.3 Å². The van der Waals surface area contributed by atoms with Crippen molar-refractivity contribution in [1.82, 2.24) is 14.7 Å². The molecule has 2 heterocycles. The monoisotopic (exact) mass is 448 g/mol. The predicted molar refractivity (Wildman–Crippen MR) is 110 cm³/mol. The maximum Gasteiger partial charge on any atom is 0.416 e. The van der Waals surface area contributed by atoms with Crippen LogP contribution in [0.5, 0.6) is 0 Å². The zero-order chi connectivity index (χ0) is 22.9. The van der Waals surface area contributed by atoms with Crippen molar-refractivity contribution in [2.24, 2.45) is 0 Å². The molecule has 2 N–H and O–H groups in total. The van der Waals surface area contributed by atoms with E-state index in [1.807, 2.05) is 0 Å². The number of aromatic amines is 1. The highest BCUT2D eigenvalue weighted by atomic mass is 19.4. The summed E-state index contributed by atoms with van der Waals surface area (Å²) in [6.07, 6.45) is -4.36. The number of hydrogen-bond acceptors (Lipinski definition) is 3. The summed E-state index contributed by atoms with van der Waals surface area (Å²) in [5, 5.41) is 11.4. The number of alkyl halides is 3. The lowest BCUT2D eigenvalue weighted by molar-refractivity contribution is -0.137. The highest BCUT2D eigenvalue weighted by molar-refractivity contribution is 5.80. The molecule has 1 aliphatic heterocycles. The fourth-order valence-electron chi connectivity index (χ4n) is 3.57. The minimum Gasteiger partial charge on any atom is -0.378 e. The summed E-state index contributed by atoms with van der Waals surface area (Å²) in [7, 11) is 0. The summed E-state index contributed by atoms with van der Waals surface area (Å²) < 4.78 is 58.5. The standard InChI is InChI=1S/C22H20F4N4O2/c23-17-7-1-14(2-8-17)13-18-19(15-3-5-16(6-4-15)22(24,25)26)28-30(20(18)31)21(27)29-9-11-32-12-10-29/h1-8,27-28H,9-13H2. The van der Waals surface area contributed by atoms with Crippen LogP contribution in [-0.2, 0) is 17.3 Å². The van der Waals surface area contributed by atoms with E-state index in [-0.39, 0.29) is 17.9 Å². The average Bonchev–Trinajstić information content (AvgIpc) is 3.11. The van der Waals surface area contributed by atoms with Gasteiger partial charge in [-0.05, 0) is 35.4 Å². The van der Waals surface area contributed by atoms with Gasteiger partial charge in [0.25, 0.3) is 5.56 Å². The van der Waals surface area contributed by atoms with Crippen LogP contribution in [0.3, 0.4) is 0 Å². The molecule has 0 unspecified atom stereocenters. The van der Waals surface area contributed by atoms with E-state index in [2.05, 4.69) is 5.10 Å². The molecule has 32 heavy (non-hydrogen) atoms. The van der Waals surface area contributed by atoms with E-state index in [1.54, 1.807) is 4.90 Å². The number of rotatable bonds is 3. The maximum absolute atomic E-state index is 13.3. The van der Waals surface area contributed by atoms with E-state index < -0.39 is 23.1 Å². The molecule has 0 atom stereocenters. The van der Waals surface area contributed by atoms with Gasteiger partial charge in [-0.1, -0.05) is 24.3 Å². The Hall–Kier alpha value is -3.40. The third-order valence-electron chi connectivity index (χ3n) is 5.30. The maximum atomic E-state index is 13.3. The van der Waals surface area contributed by atoms with Crippen LogP contribution < -0.4 is 5.56 Å². The molecular weight excluding hydrogens is 428 g/mol. The van der Waals surface area contributed by atoms with Gasteiger partial charge in [0.05, 0.1) is 24.5 Å². The first kappa shape index (κ1) is 21.8. The van der Waals surface area contributed by atoms with E-state index in [0.29, 0.717) is 43.1 Å². The molecule has 168 valence electrons. The van der Waals surface area contributed by atoms with Crippen LogP contribution in [0.4, 0.5) is 17.6 Å². The Kier molecular flexibility index (Phi) is 5.88. The van der Waals surface area contributed by atoms with Crippen LogP contribution in [0.2, 0.25) is 0 Å². The summed E-state index contributed by atoms with van der Waals surface area (Å²) in [6.45, 7) is 1.72. The Bertz CT molecular complexity index is 1160. The number of nitrogens with zero attached hydrogens (tertiary/aromatic N) is 2. The van der Waals surface area contributed by atoms with Crippen molar-refractivity contribution in [1.29, 1.82) is 5.41 Å². The Morgan fingerprint density at radius 2 is 1.66 bits per heavy atom. The molecule has 3 aromatic rings. The zero-order valence-electron chi connectivity index (χ0n) is 16.9. The average molecular weight is 448 g/mol. The minimum absolute atomic E-state index is 0.0724. The predicted octanol–water partition coefficient (Wildman–Crippen LogP) is 3.71. The zero-order valence-corrected chi connectivity index (χ0v) is 16.9. The van der Waals surface area contributed by atoms with E-state index in [9.17, 15) is 22.4 Å². The van der Waals surface area contributed by atoms with Crippen LogP contribution in [0, 0.1) is 11.2 Å². The van der Waals surface area contributed by atoms with Gasteiger partial charge in [0.2, 0.25) is 5.96 Å². The smallest absolute Gasteiger partial charge is 0.378 e. The van der Waals surface area contributed by atoms with Crippen LogP contribution >= 0.6 is 0 Å². The minimum atomic E-state index is -4.48. The summed E-state index contributed by atoms with van der Waals surface area (Å²) in [5.74, 6) is -0.492. The van der Waals surface area contributed by atoms with E-state index in [0.717, 1.165) is 16.8 Å². The number of H-pyrrole nitrogens is 1. The molecule has 1 aliphatic rings. The first-order valence-corrected chi connectivity index (χ1v) is 9.91. The SMILES string of the molecule is N=C(N1CCOCC1)n1[nH]c(-c2ccc(C(F)(F)F)cc2)c(Cc2ccc(F)cc2)c1=O. The molecule has 0 saturated carbocycles. The third-order valence-corrected chi connectivity index (χ3v) is 5.30. The molecule has 0 aliphatic carbocycles. The van der Waals surface area contributed by atoms with Gasteiger partial charge >= 0.3 is 6.18 Å². The molecule has 10 heteroatoms. The molecule has 2 aromatic carbocycles. The summed E-state index contributed by atoms with van der Waals surface area (Å²) in [5.41, 5.74) is 0.326. The molecule has 6 nitrogen and oxygen atoms in total. The highest BCUT2D eigenvalue weighted by Gasteiger charge is 2.30. The van der Waals surface area contributed by atoms with Crippen molar-refractivity contribution in [2.45, 2.75) is 12.6 Å². The Morgan fingerprint density at radius 1 is 1.03 bits per heavy atom. The summed E-state index contributed by atoms with van der Waals surface area (Å²) in [4.78, 5) is 14.9. The lowest BCUT2D eigenvalue weighted by Crippen LogP contribution is -2.46. The van der Waals surface area contributed by atoms with Crippen molar-refractivity contribution in [3.63, 3.8) is 0 Å². The van der Waals surface area contributed by atoms with E-state index in [1.165, 1.54) is 36.4 Å². The van der Waals surface area contributed by atoms with Gasteiger partial charge < -0.3 is 9.64 Å². The van der Waals surface area contributed by atoms with Gasteiger partial charge in [0.15, 0.2) is 0 Å². The van der Waals surface area contributed by atoms with Crippen LogP contribution in [0.1, 0.15) is 16.7 Å². The van der Waals surface area contributed by atoms with Crippen molar-refractivity contribution in [3.8, 4) is 11.3 Å². The van der Waals surface area contributed by atoms with Crippen LogP contribution in [0.15, 0.2) is 53.3 Å². The van der Waals surface area contributed by atoms with Crippen LogP contribution in [0.25, 0.3) is 11.3 Å². The normalized spacial score (nSPS) is 14.6. The summed E-state index contributed by atoms with van der Waals surface area (Å²) >= 11 is 0. The molecular formula is C22H20F4N4O2. The highest BCUT2D eigenvalue weighted by Crippen LogP contribution is 2.31. The van der Waals surface area contributed by atoms with Gasteiger partial charge in [-0.2, -0.15) is 17.9 Å². The number of morpholine rings is 1. The molecule has 0 spiro atoms. The first-order chi connectivity index (χ1) is 15.2. The second-order valence-corrected chi connectivity index (χ2v) is 7.41. The van der Waals surface area contributed by atoms with E-state index >= 15 is 0 Å². The van der Waals surface area contributed by atoms with Gasteiger partial charge in [-0.25, -0.2) is 4.39 Å². The topological polar surface area (TPSA) is 74.1 Å². The van der Waals surface area contributed by atoms with E-state index in [4.69, 9.17) is 10.1 Å². The van der Waals surface area contributed by atoms with Crippen molar-refractivity contribution >= 4 is 5.96 Å².